The van der Waals surface area contributed by atoms with Gasteiger partial charge in [0.1, 0.15) is 0 Å². The minimum absolute atomic E-state index is 0.177. The number of amides is 1. The minimum atomic E-state index is -0.571. The number of rotatable bonds is 5. The highest BCUT2D eigenvalue weighted by Crippen LogP contribution is 2.37. The molecule has 0 N–H and O–H groups in total. The molecule has 29 heavy (non-hydrogen) atoms. The number of hydrogen-bond acceptors (Lipinski definition) is 4. The van der Waals surface area contributed by atoms with Crippen LogP contribution < -0.4 is 9.47 Å². The van der Waals surface area contributed by atoms with Crippen molar-refractivity contribution in [1.29, 1.82) is 0 Å². The normalized spacial score (nSPS) is 11.1. The SMILES string of the molecule is CCN(CC)C(=O)Oc1c(C)cc(C(C)(C)C)cc1OC(=O)c1cccc(Cl)c1. The number of carbonyl (C=O) groups excluding carboxylic acids is 2. The van der Waals surface area contributed by atoms with Gasteiger partial charge in [0.2, 0.25) is 0 Å². The van der Waals surface area contributed by atoms with E-state index in [0.29, 0.717) is 29.2 Å². The van der Waals surface area contributed by atoms with E-state index >= 15 is 0 Å². The molecule has 0 bridgehead atoms. The van der Waals surface area contributed by atoms with Crippen molar-refractivity contribution in [2.24, 2.45) is 0 Å². The van der Waals surface area contributed by atoms with Crippen molar-refractivity contribution in [3.63, 3.8) is 0 Å². The molecule has 6 heteroatoms. The fourth-order valence-corrected chi connectivity index (χ4v) is 2.98. The molecule has 0 radical (unpaired) electrons. The number of hydrogen-bond donors (Lipinski definition) is 0. The van der Waals surface area contributed by atoms with E-state index in [-0.39, 0.29) is 16.9 Å². The molecule has 0 aromatic heterocycles. The molecule has 0 unspecified atom stereocenters. The Kier molecular flexibility index (Phi) is 7.31. The van der Waals surface area contributed by atoms with Gasteiger partial charge in [-0.15, -0.1) is 0 Å². The van der Waals surface area contributed by atoms with Gasteiger partial charge in [0.05, 0.1) is 5.56 Å². The third-order valence-electron chi connectivity index (χ3n) is 4.58. The van der Waals surface area contributed by atoms with Crippen LogP contribution in [0, 0.1) is 6.92 Å². The fourth-order valence-electron chi connectivity index (χ4n) is 2.79. The maximum absolute atomic E-state index is 12.7. The standard InChI is InChI=1S/C23H28ClNO4/c1-7-25(8-2)22(27)29-20-15(3)12-17(23(4,5)6)14-19(20)28-21(26)16-10-9-11-18(24)13-16/h9-14H,7-8H2,1-6H3. The first kappa shape index (κ1) is 22.8. The maximum Gasteiger partial charge on any atom is 0.415 e. The lowest BCUT2D eigenvalue weighted by molar-refractivity contribution is 0.0726. The van der Waals surface area contributed by atoms with E-state index in [1.807, 2.05) is 26.8 Å². The summed E-state index contributed by atoms with van der Waals surface area (Å²) in [7, 11) is 0. The predicted molar refractivity (Wildman–Crippen MR) is 115 cm³/mol. The Morgan fingerprint density at radius 1 is 1.03 bits per heavy atom. The number of carbonyl (C=O) groups is 2. The summed E-state index contributed by atoms with van der Waals surface area (Å²) in [5.41, 5.74) is 1.82. The van der Waals surface area contributed by atoms with Gasteiger partial charge in [-0.3, -0.25) is 0 Å². The largest absolute Gasteiger partial charge is 0.419 e. The van der Waals surface area contributed by atoms with Gasteiger partial charge in [-0.25, -0.2) is 9.59 Å². The van der Waals surface area contributed by atoms with Gasteiger partial charge in [-0.1, -0.05) is 44.5 Å². The lowest BCUT2D eigenvalue weighted by Crippen LogP contribution is -2.33. The zero-order chi connectivity index (χ0) is 21.8. The Balaban J connectivity index is 2.47. The molecule has 0 aliphatic heterocycles. The number of halogens is 1. The number of benzene rings is 2. The summed E-state index contributed by atoms with van der Waals surface area (Å²) < 4.78 is 11.3. The van der Waals surface area contributed by atoms with E-state index in [0.717, 1.165) is 5.56 Å². The van der Waals surface area contributed by atoms with Crippen LogP contribution in [0.4, 0.5) is 4.79 Å². The number of ether oxygens (including phenoxy) is 2. The fraction of sp³-hybridized carbons (Fsp3) is 0.391. The monoisotopic (exact) mass is 417 g/mol. The molecule has 5 nitrogen and oxygen atoms in total. The van der Waals surface area contributed by atoms with E-state index in [9.17, 15) is 9.59 Å². The Bertz CT molecular complexity index is 898. The molecule has 2 rings (SSSR count). The highest BCUT2D eigenvalue weighted by atomic mass is 35.5. The van der Waals surface area contributed by atoms with Gasteiger partial charge >= 0.3 is 12.1 Å². The van der Waals surface area contributed by atoms with E-state index in [1.165, 1.54) is 6.07 Å². The minimum Gasteiger partial charge on any atom is -0.419 e. The summed E-state index contributed by atoms with van der Waals surface area (Å²) in [5, 5.41) is 0.437. The topological polar surface area (TPSA) is 55.8 Å². The van der Waals surface area contributed by atoms with Crippen molar-refractivity contribution < 1.29 is 19.1 Å². The quantitative estimate of drug-likeness (QED) is 0.441. The van der Waals surface area contributed by atoms with Gasteiger partial charge in [-0.05, 0) is 61.6 Å². The van der Waals surface area contributed by atoms with Crippen LogP contribution in [0.25, 0.3) is 0 Å². The molecule has 0 atom stereocenters. The molecule has 2 aromatic rings. The van der Waals surface area contributed by atoms with Gasteiger partial charge in [0, 0.05) is 18.1 Å². The van der Waals surface area contributed by atoms with Crippen molar-refractivity contribution in [3.8, 4) is 11.5 Å². The Hall–Kier alpha value is -2.53. The molecule has 0 aliphatic carbocycles. The smallest absolute Gasteiger partial charge is 0.415 e. The molecule has 1 amide bonds. The van der Waals surface area contributed by atoms with E-state index < -0.39 is 12.1 Å². The average molecular weight is 418 g/mol. The second kappa shape index (κ2) is 9.31. The van der Waals surface area contributed by atoms with Crippen molar-refractivity contribution in [2.45, 2.75) is 47.0 Å². The molecule has 0 spiro atoms. The van der Waals surface area contributed by atoms with Gasteiger partial charge in [0.15, 0.2) is 11.5 Å². The third-order valence-corrected chi connectivity index (χ3v) is 4.82. The van der Waals surface area contributed by atoms with Crippen molar-refractivity contribution in [3.05, 3.63) is 58.1 Å². The lowest BCUT2D eigenvalue weighted by Gasteiger charge is -2.24. The number of esters is 1. The maximum atomic E-state index is 12.7. The van der Waals surface area contributed by atoms with Crippen LogP contribution >= 0.6 is 11.6 Å². The van der Waals surface area contributed by atoms with Crippen LogP contribution in [0.5, 0.6) is 11.5 Å². The number of nitrogens with zero attached hydrogens (tertiary/aromatic N) is 1. The van der Waals surface area contributed by atoms with Crippen LogP contribution in [0.1, 0.15) is 56.1 Å². The van der Waals surface area contributed by atoms with E-state index in [2.05, 4.69) is 20.8 Å². The second-order valence-electron chi connectivity index (χ2n) is 7.81. The molecule has 0 saturated heterocycles. The molecule has 0 saturated carbocycles. The summed E-state index contributed by atoms with van der Waals surface area (Å²) in [6, 6.07) is 10.2. The lowest BCUT2D eigenvalue weighted by atomic mass is 9.86. The molecule has 0 fully saturated rings. The second-order valence-corrected chi connectivity index (χ2v) is 8.25. The zero-order valence-corrected chi connectivity index (χ0v) is 18.6. The van der Waals surface area contributed by atoms with E-state index in [1.54, 1.807) is 29.2 Å². The summed E-state index contributed by atoms with van der Waals surface area (Å²) in [6.45, 7) is 12.8. The van der Waals surface area contributed by atoms with Crippen molar-refractivity contribution in [2.75, 3.05) is 13.1 Å². The summed E-state index contributed by atoms with van der Waals surface area (Å²) in [4.78, 5) is 26.8. The molecule has 0 heterocycles. The molecular weight excluding hydrogens is 390 g/mol. The van der Waals surface area contributed by atoms with Gasteiger partial charge < -0.3 is 14.4 Å². The highest BCUT2D eigenvalue weighted by Gasteiger charge is 2.24. The highest BCUT2D eigenvalue weighted by molar-refractivity contribution is 6.30. The Morgan fingerprint density at radius 2 is 1.69 bits per heavy atom. The van der Waals surface area contributed by atoms with Gasteiger partial charge in [-0.2, -0.15) is 0 Å². The van der Waals surface area contributed by atoms with E-state index in [4.69, 9.17) is 21.1 Å². The Morgan fingerprint density at radius 3 is 2.24 bits per heavy atom. The average Bonchev–Trinajstić information content (AvgIpc) is 2.64. The van der Waals surface area contributed by atoms with Crippen LogP contribution in [-0.4, -0.2) is 30.1 Å². The van der Waals surface area contributed by atoms with Crippen LogP contribution in [0.3, 0.4) is 0 Å². The van der Waals surface area contributed by atoms with Crippen LogP contribution in [0.15, 0.2) is 36.4 Å². The van der Waals surface area contributed by atoms with Crippen molar-refractivity contribution >= 4 is 23.7 Å². The summed E-state index contributed by atoms with van der Waals surface area (Å²) >= 11 is 5.99. The molecule has 156 valence electrons. The van der Waals surface area contributed by atoms with Crippen LogP contribution in [0.2, 0.25) is 5.02 Å². The zero-order valence-electron chi connectivity index (χ0n) is 17.8. The molecular formula is C23H28ClNO4. The molecule has 2 aromatic carbocycles. The van der Waals surface area contributed by atoms with Crippen molar-refractivity contribution in [1.82, 2.24) is 4.90 Å². The first-order valence-electron chi connectivity index (χ1n) is 9.66. The summed E-state index contributed by atoms with van der Waals surface area (Å²) in [5.74, 6) is -0.121. The Labute approximate surface area is 177 Å². The summed E-state index contributed by atoms with van der Waals surface area (Å²) in [6.07, 6.45) is -0.485. The number of aryl methyl sites for hydroxylation is 1. The first-order chi connectivity index (χ1) is 13.6. The first-order valence-corrected chi connectivity index (χ1v) is 10.0. The third kappa shape index (κ3) is 5.73. The predicted octanol–water partition coefficient (Wildman–Crippen LogP) is 6.01. The van der Waals surface area contributed by atoms with Gasteiger partial charge in [0.25, 0.3) is 0 Å². The molecule has 0 aliphatic rings. The van der Waals surface area contributed by atoms with Crippen LogP contribution in [-0.2, 0) is 5.41 Å².